The third-order valence-corrected chi connectivity index (χ3v) is 1.81. The molecule has 84 valence electrons. The van der Waals surface area contributed by atoms with Gasteiger partial charge in [0.2, 0.25) is 0 Å². The van der Waals surface area contributed by atoms with Gasteiger partial charge >= 0.3 is 0 Å². The first-order valence-electron chi connectivity index (χ1n) is 3.57. The van der Waals surface area contributed by atoms with Gasteiger partial charge in [-0.25, -0.2) is 18.7 Å². The van der Waals surface area contributed by atoms with E-state index in [-0.39, 0.29) is 0 Å². The summed E-state index contributed by atoms with van der Waals surface area (Å²) < 4.78 is 74.4. The quantitative estimate of drug-likeness (QED) is 0.476. The van der Waals surface area contributed by atoms with E-state index in [0.29, 0.717) is 5.54 Å². The molecule has 0 unspecified atom stereocenters. The Morgan fingerprint density at radius 3 is 1.93 bits per heavy atom. The lowest BCUT2D eigenvalue weighted by atomic mass is 10.1. The minimum Gasteiger partial charge on any atom is -0.221 e. The number of anilines is 2. The van der Waals surface area contributed by atoms with E-state index in [2.05, 4.69) is 0 Å². The van der Waals surface area contributed by atoms with Gasteiger partial charge in [0.25, 0.3) is 0 Å². The molecule has 0 saturated heterocycles. The molecule has 1 rings (SSSR count). The minimum atomic E-state index is -2.17. The number of hydrogen-bond donors (Lipinski definition) is 1. The summed E-state index contributed by atoms with van der Waals surface area (Å²) in [6, 6.07) is 0. The number of nitrogens with zero attached hydrogens (tertiary/aromatic N) is 1. The van der Waals surface area contributed by atoms with E-state index in [1.807, 2.05) is 0 Å². The van der Waals surface area contributed by atoms with Crippen LogP contribution in [0.25, 0.3) is 0 Å². The van der Waals surface area contributed by atoms with Crippen molar-refractivity contribution in [2.24, 2.45) is 0 Å². The van der Waals surface area contributed by atoms with Crippen LogP contribution >= 0.6 is 0 Å². The maximum Gasteiger partial charge on any atom is 0.199 e. The zero-order valence-corrected chi connectivity index (χ0v) is 7.22. The smallest absolute Gasteiger partial charge is 0.199 e. The van der Waals surface area contributed by atoms with Crippen LogP contribution in [0.2, 0.25) is 0 Å². The van der Waals surface area contributed by atoms with Gasteiger partial charge in [0.15, 0.2) is 17.5 Å². The Morgan fingerprint density at radius 1 is 1.00 bits per heavy atom. The first-order chi connectivity index (χ1) is 6.91. The van der Waals surface area contributed by atoms with E-state index in [4.69, 9.17) is 0 Å². The minimum absolute atomic E-state index is 0.685. The van der Waals surface area contributed by atoms with Crippen LogP contribution in [0.3, 0.4) is 0 Å². The second kappa shape index (κ2) is 3.87. The summed E-state index contributed by atoms with van der Waals surface area (Å²) in [7, 11) is 0. The Kier molecular flexibility index (Phi) is 2.96. The largest absolute Gasteiger partial charge is 0.221 e. The van der Waals surface area contributed by atoms with E-state index in [1.165, 1.54) is 0 Å². The Morgan fingerprint density at radius 2 is 1.53 bits per heavy atom. The van der Waals surface area contributed by atoms with Gasteiger partial charge in [-0.05, 0) is 12.3 Å². The van der Waals surface area contributed by atoms with Crippen LogP contribution in [0, 0.1) is 24.4 Å². The molecule has 8 heteroatoms. The zero-order valence-electron chi connectivity index (χ0n) is 7.22. The zero-order chi connectivity index (χ0) is 11.7. The van der Waals surface area contributed by atoms with Gasteiger partial charge in [0.1, 0.15) is 11.4 Å². The van der Waals surface area contributed by atoms with Gasteiger partial charge in [-0.1, -0.05) is 8.96 Å². The molecular weight excluding hydrogens is 226 g/mol. The number of rotatable bonds is 2. The average molecular weight is 230 g/mol. The molecule has 0 saturated carbocycles. The van der Waals surface area contributed by atoms with Crippen molar-refractivity contribution in [1.29, 1.82) is 0 Å². The standard InChI is InChI=1S/C7H4F6N2/c1-2-6(14-11)4(9)3(8)5(10)7(2)15(12)13/h14H,1H3. The average Bonchev–Trinajstić information content (AvgIpc) is 2.15. The fraction of sp³-hybridized carbons (Fsp3) is 0.143. The summed E-state index contributed by atoms with van der Waals surface area (Å²) in [6.07, 6.45) is 0. The van der Waals surface area contributed by atoms with E-state index in [1.54, 1.807) is 0 Å². The van der Waals surface area contributed by atoms with Gasteiger partial charge in [-0.2, -0.15) is 0 Å². The monoisotopic (exact) mass is 230 g/mol. The van der Waals surface area contributed by atoms with Gasteiger partial charge in [0.05, 0.1) is 0 Å². The van der Waals surface area contributed by atoms with Crippen LogP contribution in [0.15, 0.2) is 0 Å². The molecule has 0 fully saturated rings. The number of hydrogen-bond acceptors (Lipinski definition) is 2. The third-order valence-electron chi connectivity index (χ3n) is 1.81. The summed E-state index contributed by atoms with van der Waals surface area (Å²) >= 11 is 0. The molecule has 0 bridgehead atoms. The fourth-order valence-electron chi connectivity index (χ4n) is 1.07. The molecule has 0 amide bonds. The highest BCUT2D eigenvalue weighted by atomic mass is 19.4. The molecule has 1 N–H and O–H groups in total. The van der Waals surface area contributed by atoms with Crippen LogP contribution in [-0.4, -0.2) is 0 Å². The van der Waals surface area contributed by atoms with Crippen molar-refractivity contribution in [3.05, 3.63) is 23.0 Å². The molecule has 1 aromatic rings. The van der Waals surface area contributed by atoms with Crippen molar-refractivity contribution in [2.75, 3.05) is 10.9 Å². The third kappa shape index (κ3) is 1.66. The lowest BCUT2D eigenvalue weighted by molar-refractivity contribution is 0.228. The molecule has 2 nitrogen and oxygen atoms in total. The maximum absolute atomic E-state index is 12.8. The van der Waals surface area contributed by atoms with Crippen LogP contribution in [0.5, 0.6) is 0 Å². The van der Waals surface area contributed by atoms with E-state index < -0.39 is 39.7 Å². The maximum atomic E-state index is 12.8. The summed E-state index contributed by atoms with van der Waals surface area (Å²) in [5, 5.41) is -1.76. The molecule has 0 spiro atoms. The lowest BCUT2D eigenvalue weighted by Gasteiger charge is -2.12. The Hall–Kier alpha value is -1.60. The van der Waals surface area contributed by atoms with E-state index >= 15 is 0 Å². The van der Waals surface area contributed by atoms with Crippen molar-refractivity contribution in [3.8, 4) is 0 Å². The second-order valence-corrected chi connectivity index (χ2v) is 2.62. The van der Waals surface area contributed by atoms with Crippen LogP contribution in [0.1, 0.15) is 5.56 Å². The number of nitrogens with one attached hydrogen (secondary N) is 1. The first-order valence-corrected chi connectivity index (χ1v) is 3.57. The van der Waals surface area contributed by atoms with Gasteiger partial charge in [-0.15, -0.1) is 4.48 Å². The highest BCUT2D eigenvalue weighted by molar-refractivity contribution is 5.65. The Labute approximate surface area is 79.9 Å². The number of benzene rings is 1. The molecule has 15 heavy (non-hydrogen) atoms. The predicted octanol–water partition coefficient (Wildman–Crippen LogP) is 3.28. The predicted molar refractivity (Wildman–Crippen MR) is 40.5 cm³/mol. The van der Waals surface area contributed by atoms with Crippen LogP contribution in [-0.2, 0) is 0 Å². The van der Waals surface area contributed by atoms with Gasteiger partial charge < -0.3 is 0 Å². The summed E-state index contributed by atoms with van der Waals surface area (Å²) in [5.74, 6) is -6.14. The van der Waals surface area contributed by atoms with Crippen molar-refractivity contribution in [2.45, 2.75) is 6.92 Å². The molecule has 0 aliphatic heterocycles. The van der Waals surface area contributed by atoms with E-state index in [0.717, 1.165) is 6.92 Å². The number of halogens is 6. The molecule has 0 aliphatic carbocycles. The molecule has 1 aromatic carbocycles. The summed E-state index contributed by atoms with van der Waals surface area (Å²) in [5.41, 5.74) is -2.78. The highest BCUT2D eigenvalue weighted by Gasteiger charge is 2.26. The van der Waals surface area contributed by atoms with Crippen molar-refractivity contribution >= 4 is 11.4 Å². The molecule has 0 heterocycles. The molecular formula is C7H4F6N2. The van der Waals surface area contributed by atoms with Crippen LogP contribution < -0.4 is 10.9 Å². The van der Waals surface area contributed by atoms with Gasteiger partial charge in [-0.3, -0.25) is 0 Å². The van der Waals surface area contributed by atoms with E-state index in [9.17, 15) is 26.6 Å². The topological polar surface area (TPSA) is 15.3 Å². The molecule has 0 atom stereocenters. The Bertz CT molecular complexity index is 392. The molecule has 0 aliphatic rings. The Balaban J connectivity index is 3.60. The summed E-state index contributed by atoms with van der Waals surface area (Å²) in [6.45, 7) is 0.814. The van der Waals surface area contributed by atoms with Crippen molar-refractivity contribution < 1.29 is 26.6 Å². The first kappa shape index (κ1) is 11.5. The lowest BCUT2D eigenvalue weighted by Crippen LogP contribution is -2.08. The fourth-order valence-corrected chi connectivity index (χ4v) is 1.07. The normalized spacial score (nSPS) is 10.3. The summed E-state index contributed by atoms with van der Waals surface area (Å²) in [4.78, 5) is 0. The molecule has 0 aromatic heterocycles. The van der Waals surface area contributed by atoms with Crippen molar-refractivity contribution in [1.82, 2.24) is 0 Å². The molecule has 0 radical (unpaired) electrons. The highest BCUT2D eigenvalue weighted by Crippen LogP contribution is 2.35. The van der Waals surface area contributed by atoms with Crippen LogP contribution in [0.4, 0.5) is 38.0 Å². The van der Waals surface area contributed by atoms with Crippen molar-refractivity contribution in [3.63, 3.8) is 0 Å². The SMILES string of the molecule is Cc1c(NF)c(F)c(F)c(F)c1N(F)F. The second-order valence-electron chi connectivity index (χ2n) is 2.62. The van der Waals surface area contributed by atoms with Gasteiger partial charge in [0, 0.05) is 5.56 Å².